The molecule has 2 aliphatic rings. The molecule has 0 bridgehead atoms. The van der Waals surface area contributed by atoms with E-state index in [0.717, 1.165) is 83.3 Å². The van der Waals surface area contributed by atoms with Crippen LogP contribution >= 0.6 is 24.0 Å². The Bertz CT molecular complexity index is 676. The molecule has 0 saturated carbocycles. The van der Waals surface area contributed by atoms with E-state index in [1.165, 1.54) is 18.4 Å². The molecule has 0 aromatic heterocycles. The molecule has 182 valence electrons. The van der Waals surface area contributed by atoms with Gasteiger partial charge in [-0.1, -0.05) is 12.1 Å². The molecule has 3 N–H and O–H groups in total. The van der Waals surface area contributed by atoms with Crippen LogP contribution in [0.3, 0.4) is 0 Å². The lowest BCUT2D eigenvalue weighted by molar-refractivity contribution is 0.0823. The van der Waals surface area contributed by atoms with Crippen LogP contribution in [0.1, 0.15) is 50.6 Å². The van der Waals surface area contributed by atoms with Crippen molar-refractivity contribution < 1.29 is 9.84 Å². The first-order valence-corrected chi connectivity index (χ1v) is 12.0. The van der Waals surface area contributed by atoms with Crippen LogP contribution in [-0.4, -0.2) is 86.4 Å². The second-order valence-electron chi connectivity index (χ2n) is 8.61. The molecule has 0 amide bonds. The number of piperidine rings is 1. The lowest BCUT2D eigenvalue weighted by Gasteiger charge is -2.29. The highest BCUT2D eigenvalue weighted by Gasteiger charge is 2.24. The summed E-state index contributed by atoms with van der Waals surface area (Å²) in [5, 5.41) is 16.6. The summed E-state index contributed by atoms with van der Waals surface area (Å²) in [6.45, 7) is 9.93. The van der Waals surface area contributed by atoms with E-state index < -0.39 is 0 Å². The Kier molecular flexibility index (Phi) is 12.7. The fourth-order valence-corrected chi connectivity index (χ4v) is 4.51. The van der Waals surface area contributed by atoms with Gasteiger partial charge in [0, 0.05) is 26.2 Å². The van der Waals surface area contributed by atoms with E-state index in [-0.39, 0.29) is 36.1 Å². The van der Waals surface area contributed by atoms with E-state index >= 15 is 0 Å². The molecule has 2 fully saturated rings. The number of nitrogens with zero attached hydrogens (tertiary/aromatic N) is 3. The van der Waals surface area contributed by atoms with Crippen LogP contribution in [0, 0.1) is 0 Å². The minimum Gasteiger partial charge on any atom is -0.497 e. The topological polar surface area (TPSA) is 72.4 Å². The summed E-state index contributed by atoms with van der Waals surface area (Å²) in [5.74, 6) is 1.80. The molecule has 8 heteroatoms. The number of methoxy groups -OCH3 is 1. The van der Waals surface area contributed by atoms with Gasteiger partial charge in [0.2, 0.25) is 0 Å². The summed E-state index contributed by atoms with van der Waals surface area (Å²) in [4.78, 5) is 9.95. The van der Waals surface area contributed by atoms with Crippen molar-refractivity contribution in [2.75, 3.05) is 59.5 Å². The number of nitrogens with one attached hydrogen (secondary N) is 2. The Morgan fingerprint density at radius 2 is 1.94 bits per heavy atom. The summed E-state index contributed by atoms with van der Waals surface area (Å²) in [6, 6.07) is 8.69. The number of aliphatic imine (C=N–C) groups is 1. The molecular weight excluding hydrogens is 517 g/mol. The zero-order chi connectivity index (χ0) is 21.9. The van der Waals surface area contributed by atoms with Crippen LogP contribution < -0.4 is 15.4 Å². The number of hydrogen-bond donors (Lipinski definition) is 3. The maximum Gasteiger partial charge on any atom is 0.191 e. The van der Waals surface area contributed by atoms with Gasteiger partial charge in [0.1, 0.15) is 5.75 Å². The molecule has 1 aromatic carbocycles. The number of likely N-dealkylation sites (tertiary alicyclic amines) is 2. The van der Waals surface area contributed by atoms with Crippen molar-refractivity contribution in [2.24, 2.45) is 4.99 Å². The Balaban J connectivity index is 0.00000363. The summed E-state index contributed by atoms with van der Waals surface area (Å²) in [7, 11) is 1.72. The van der Waals surface area contributed by atoms with Crippen molar-refractivity contribution in [3.63, 3.8) is 0 Å². The number of hydrogen-bond acceptors (Lipinski definition) is 5. The zero-order valence-electron chi connectivity index (χ0n) is 19.8. The number of benzene rings is 1. The van der Waals surface area contributed by atoms with Gasteiger partial charge in [-0.25, -0.2) is 0 Å². The van der Waals surface area contributed by atoms with Crippen LogP contribution in [0.2, 0.25) is 0 Å². The second-order valence-corrected chi connectivity index (χ2v) is 8.61. The predicted octanol–water partition coefficient (Wildman–Crippen LogP) is 2.85. The number of rotatable bonds is 10. The zero-order valence-corrected chi connectivity index (χ0v) is 22.1. The largest absolute Gasteiger partial charge is 0.497 e. The van der Waals surface area contributed by atoms with Gasteiger partial charge in [-0.05, 0) is 76.4 Å². The molecule has 7 nitrogen and oxygen atoms in total. The van der Waals surface area contributed by atoms with Crippen molar-refractivity contribution in [1.82, 2.24) is 20.4 Å². The molecule has 1 atom stereocenters. The monoisotopic (exact) mass is 559 g/mol. The minimum absolute atomic E-state index is 0. The smallest absolute Gasteiger partial charge is 0.191 e. The average molecular weight is 560 g/mol. The van der Waals surface area contributed by atoms with E-state index in [1.54, 1.807) is 7.11 Å². The minimum atomic E-state index is -0.102. The molecule has 3 rings (SSSR count). The van der Waals surface area contributed by atoms with Gasteiger partial charge in [0.25, 0.3) is 0 Å². The fourth-order valence-electron chi connectivity index (χ4n) is 4.51. The highest BCUT2D eigenvalue weighted by molar-refractivity contribution is 14.0. The third-order valence-corrected chi connectivity index (χ3v) is 6.33. The van der Waals surface area contributed by atoms with E-state index in [0.29, 0.717) is 0 Å². The fraction of sp³-hybridized carbons (Fsp3) is 0.708. The van der Waals surface area contributed by atoms with Crippen molar-refractivity contribution in [2.45, 2.75) is 51.2 Å². The number of guanidine groups is 1. The van der Waals surface area contributed by atoms with Gasteiger partial charge in [-0.2, -0.15) is 0 Å². The summed E-state index contributed by atoms with van der Waals surface area (Å²) in [5.41, 5.74) is 1.27. The molecule has 1 unspecified atom stereocenters. The van der Waals surface area contributed by atoms with Gasteiger partial charge in [-0.15, -0.1) is 24.0 Å². The van der Waals surface area contributed by atoms with Crippen LogP contribution in [0.25, 0.3) is 0 Å². The van der Waals surface area contributed by atoms with Gasteiger partial charge in [0.15, 0.2) is 5.96 Å². The first-order chi connectivity index (χ1) is 15.2. The van der Waals surface area contributed by atoms with Crippen LogP contribution in [0.15, 0.2) is 29.3 Å². The standard InChI is InChI=1S/C24H41N5O2.HI/c1-3-25-24(26-12-7-13-28-16-10-21(30)11-17-28)27-19-23(29-14-4-5-15-29)20-8-6-9-22(18-20)31-2;/h6,8-9,18,21,23,30H,3-5,7,10-17,19H2,1-2H3,(H2,25,26,27);1H. The molecular formula is C24H42IN5O2. The number of halogens is 1. The Hall–Kier alpha value is -1.10. The predicted molar refractivity (Wildman–Crippen MR) is 142 cm³/mol. The van der Waals surface area contributed by atoms with Crippen molar-refractivity contribution in [1.29, 1.82) is 0 Å². The summed E-state index contributed by atoms with van der Waals surface area (Å²) in [6.07, 6.45) is 5.30. The van der Waals surface area contributed by atoms with E-state index in [9.17, 15) is 5.11 Å². The average Bonchev–Trinajstić information content (AvgIpc) is 3.32. The third-order valence-electron chi connectivity index (χ3n) is 6.33. The summed E-state index contributed by atoms with van der Waals surface area (Å²) >= 11 is 0. The van der Waals surface area contributed by atoms with Crippen molar-refractivity contribution in [3.8, 4) is 5.75 Å². The highest BCUT2D eigenvalue weighted by Crippen LogP contribution is 2.27. The molecule has 1 aromatic rings. The molecule has 0 radical (unpaired) electrons. The van der Waals surface area contributed by atoms with Gasteiger partial charge in [0.05, 0.1) is 25.8 Å². The molecule has 2 aliphatic heterocycles. The number of aliphatic hydroxyl groups excluding tert-OH is 1. The normalized spacial score (nSPS) is 19.4. The number of ether oxygens (including phenoxy) is 1. The molecule has 0 aliphatic carbocycles. The second kappa shape index (κ2) is 14.9. The molecule has 0 spiro atoms. The Morgan fingerprint density at radius 1 is 1.19 bits per heavy atom. The SMILES string of the molecule is CCNC(=NCC(c1cccc(OC)c1)N1CCCC1)NCCCN1CCC(O)CC1.I. The number of aliphatic hydroxyl groups is 1. The van der Waals surface area contributed by atoms with Crippen molar-refractivity contribution in [3.05, 3.63) is 29.8 Å². The lowest BCUT2D eigenvalue weighted by atomic mass is 10.1. The highest BCUT2D eigenvalue weighted by atomic mass is 127. The molecule has 2 saturated heterocycles. The first-order valence-electron chi connectivity index (χ1n) is 12.0. The lowest BCUT2D eigenvalue weighted by Crippen LogP contribution is -2.41. The van der Waals surface area contributed by atoms with Crippen molar-refractivity contribution >= 4 is 29.9 Å². The van der Waals surface area contributed by atoms with E-state index in [2.05, 4.69) is 45.6 Å². The molecule has 2 heterocycles. The van der Waals surface area contributed by atoms with Gasteiger partial charge >= 0.3 is 0 Å². The van der Waals surface area contributed by atoms with Crippen LogP contribution in [0.5, 0.6) is 5.75 Å². The maximum atomic E-state index is 9.65. The van der Waals surface area contributed by atoms with Crippen LogP contribution in [0.4, 0.5) is 0 Å². The van der Waals surface area contributed by atoms with Crippen LogP contribution in [-0.2, 0) is 0 Å². The quantitative estimate of drug-likeness (QED) is 0.177. The van der Waals surface area contributed by atoms with E-state index in [1.807, 2.05) is 6.07 Å². The Labute approximate surface area is 211 Å². The molecule has 32 heavy (non-hydrogen) atoms. The van der Waals surface area contributed by atoms with Gasteiger partial charge < -0.3 is 25.4 Å². The summed E-state index contributed by atoms with van der Waals surface area (Å²) < 4.78 is 5.46. The first kappa shape index (κ1) is 27.1. The van der Waals surface area contributed by atoms with Gasteiger partial charge in [-0.3, -0.25) is 9.89 Å². The maximum absolute atomic E-state index is 9.65. The Morgan fingerprint density at radius 3 is 2.62 bits per heavy atom. The third kappa shape index (κ3) is 8.68. The van der Waals surface area contributed by atoms with E-state index in [4.69, 9.17) is 9.73 Å².